The average Bonchev–Trinajstić information content (AvgIpc) is 2.27. The third-order valence-corrected chi connectivity index (χ3v) is 3.25. The molecule has 2 N–H and O–H groups in total. The Balaban J connectivity index is 2.14. The molecule has 0 saturated carbocycles. The predicted octanol–water partition coefficient (Wildman–Crippen LogP) is 2.24. The first-order valence-electron chi connectivity index (χ1n) is 6.17. The highest BCUT2D eigenvalue weighted by Gasteiger charge is 2.19. The summed E-state index contributed by atoms with van der Waals surface area (Å²) in [6.45, 7) is 4.31. The monoisotopic (exact) mass is 233 g/mol. The predicted molar refractivity (Wildman–Crippen MR) is 67.5 cm³/mol. The lowest BCUT2D eigenvalue weighted by Gasteiger charge is -2.27. The maximum atomic E-state index is 10.9. The first kappa shape index (κ1) is 12.1. The van der Waals surface area contributed by atoms with Crippen molar-refractivity contribution in [3.05, 3.63) is 34.9 Å². The van der Waals surface area contributed by atoms with Crippen molar-refractivity contribution < 1.29 is 9.90 Å². The van der Waals surface area contributed by atoms with Crippen molar-refractivity contribution in [1.29, 1.82) is 0 Å². The number of hydrogen-bond donors (Lipinski definition) is 2. The average molecular weight is 233 g/mol. The SMILES string of the molecule is CC(C)NC1CCc2cc(C(=O)O)ccc2C1. The lowest BCUT2D eigenvalue weighted by molar-refractivity contribution is 0.0696. The van der Waals surface area contributed by atoms with Crippen molar-refractivity contribution in [1.82, 2.24) is 5.32 Å². The van der Waals surface area contributed by atoms with E-state index in [2.05, 4.69) is 19.2 Å². The summed E-state index contributed by atoms with van der Waals surface area (Å²) in [5.41, 5.74) is 2.89. The fourth-order valence-electron chi connectivity index (χ4n) is 2.50. The standard InChI is InChI=1S/C14H19NO2/c1-9(2)15-13-6-5-10-7-12(14(16)17)4-3-11(10)8-13/h3-4,7,9,13,15H,5-6,8H2,1-2H3,(H,16,17). The topological polar surface area (TPSA) is 49.3 Å². The van der Waals surface area contributed by atoms with Gasteiger partial charge in [0, 0.05) is 12.1 Å². The Hall–Kier alpha value is -1.35. The normalized spacial score (nSPS) is 19.1. The molecular formula is C14H19NO2. The molecule has 0 heterocycles. The number of carboxylic acids is 1. The van der Waals surface area contributed by atoms with Gasteiger partial charge in [-0.1, -0.05) is 19.9 Å². The first-order valence-corrected chi connectivity index (χ1v) is 6.17. The molecule has 0 amide bonds. The number of benzene rings is 1. The number of rotatable bonds is 3. The van der Waals surface area contributed by atoms with Gasteiger partial charge in [0.2, 0.25) is 0 Å². The van der Waals surface area contributed by atoms with E-state index in [0.717, 1.165) is 19.3 Å². The van der Waals surface area contributed by atoms with Crippen LogP contribution in [0.3, 0.4) is 0 Å². The number of aryl methyl sites for hydroxylation is 1. The fraction of sp³-hybridized carbons (Fsp3) is 0.500. The molecular weight excluding hydrogens is 214 g/mol. The molecule has 1 aromatic rings. The Labute approximate surface area is 102 Å². The number of carbonyl (C=O) groups is 1. The van der Waals surface area contributed by atoms with Gasteiger partial charge in [0.05, 0.1) is 5.56 Å². The van der Waals surface area contributed by atoms with Crippen molar-refractivity contribution in [3.8, 4) is 0 Å². The van der Waals surface area contributed by atoms with Crippen LogP contribution in [0.25, 0.3) is 0 Å². The van der Waals surface area contributed by atoms with Crippen LogP contribution in [0.5, 0.6) is 0 Å². The lowest BCUT2D eigenvalue weighted by atomic mass is 9.87. The van der Waals surface area contributed by atoms with Crippen LogP contribution in [-0.4, -0.2) is 23.2 Å². The van der Waals surface area contributed by atoms with E-state index in [1.165, 1.54) is 11.1 Å². The molecule has 1 aliphatic rings. The number of fused-ring (bicyclic) bond motifs is 1. The maximum Gasteiger partial charge on any atom is 0.335 e. The fourth-order valence-corrected chi connectivity index (χ4v) is 2.50. The van der Waals surface area contributed by atoms with E-state index in [4.69, 9.17) is 5.11 Å². The van der Waals surface area contributed by atoms with E-state index in [1.54, 1.807) is 6.07 Å². The van der Waals surface area contributed by atoms with Gasteiger partial charge >= 0.3 is 5.97 Å². The van der Waals surface area contributed by atoms with Gasteiger partial charge < -0.3 is 10.4 Å². The summed E-state index contributed by atoms with van der Waals surface area (Å²) < 4.78 is 0. The molecule has 0 radical (unpaired) electrons. The minimum absolute atomic E-state index is 0.402. The summed E-state index contributed by atoms with van der Waals surface area (Å²) >= 11 is 0. The van der Waals surface area contributed by atoms with E-state index in [-0.39, 0.29) is 0 Å². The van der Waals surface area contributed by atoms with Crippen molar-refractivity contribution in [2.45, 2.75) is 45.2 Å². The summed E-state index contributed by atoms with van der Waals surface area (Å²) in [6, 6.07) is 6.52. The zero-order chi connectivity index (χ0) is 12.4. The molecule has 0 aromatic heterocycles. The van der Waals surface area contributed by atoms with E-state index < -0.39 is 5.97 Å². The second-order valence-electron chi connectivity index (χ2n) is 5.05. The van der Waals surface area contributed by atoms with Gasteiger partial charge in [-0.15, -0.1) is 0 Å². The molecule has 0 fully saturated rings. The summed E-state index contributed by atoms with van der Waals surface area (Å²) in [6.07, 6.45) is 3.07. The summed E-state index contributed by atoms with van der Waals surface area (Å²) in [5, 5.41) is 12.5. The highest BCUT2D eigenvalue weighted by molar-refractivity contribution is 5.87. The zero-order valence-corrected chi connectivity index (χ0v) is 10.4. The van der Waals surface area contributed by atoms with Gasteiger partial charge in [-0.25, -0.2) is 4.79 Å². The molecule has 92 valence electrons. The van der Waals surface area contributed by atoms with Gasteiger partial charge in [0.15, 0.2) is 0 Å². The van der Waals surface area contributed by atoms with Gasteiger partial charge in [0.1, 0.15) is 0 Å². The Morgan fingerprint density at radius 1 is 1.41 bits per heavy atom. The molecule has 1 aromatic carbocycles. The Morgan fingerprint density at radius 3 is 2.82 bits per heavy atom. The van der Waals surface area contributed by atoms with Gasteiger partial charge in [0.25, 0.3) is 0 Å². The van der Waals surface area contributed by atoms with Crippen molar-refractivity contribution in [2.75, 3.05) is 0 Å². The van der Waals surface area contributed by atoms with Gasteiger partial charge in [-0.3, -0.25) is 0 Å². The number of hydrogen-bond acceptors (Lipinski definition) is 2. The van der Waals surface area contributed by atoms with Gasteiger partial charge in [-0.2, -0.15) is 0 Å². The minimum Gasteiger partial charge on any atom is -0.478 e. The molecule has 0 spiro atoms. The quantitative estimate of drug-likeness (QED) is 0.841. The van der Waals surface area contributed by atoms with Crippen LogP contribution in [0, 0.1) is 0 Å². The molecule has 3 heteroatoms. The Morgan fingerprint density at radius 2 is 2.18 bits per heavy atom. The van der Waals surface area contributed by atoms with Crippen LogP contribution in [0.2, 0.25) is 0 Å². The van der Waals surface area contributed by atoms with E-state index >= 15 is 0 Å². The molecule has 0 bridgehead atoms. The molecule has 1 aliphatic carbocycles. The maximum absolute atomic E-state index is 10.9. The molecule has 1 unspecified atom stereocenters. The second kappa shape index (κ2) is 4.88. The van der Waals surface area contributed by atoms with Crippen LogP contribution in [0.4, 0.5) is 0 Å². The van der Waals surface area contributed by atoms with Crippen LogP contribution < -0.4 is 5.32 Å². The number of carboxylic acid groups (broad SMARTS) is 1. The smallest absolute Gasteiger partial charge is 0.335 e. The molecule has 0 saturated heterocycles. The summed E-state index contributed by atoms with van der Waals surface area (Å²) in [7, 11) is 0. The third-order valence-electron chi connectivity index (χ3n) is 3.25. The third kappa shape index (κ3) is 2.86. The van der Waals surface area contributed by atoms with E-state index in [1.807, 2.05) is 12.1 Å². The summed E-state index contributed by atoms with van der Waals surface area (Å²) in [4.78, 5) is 10.9. The van der Waals surface area contributed by atoms with E-state index in [0.29, 0.717) is 17.6 Å². The van der Waals surface area contributed by atoms with Crippen molar-refractivity contribution in [3.63, 3.8) is 0 Å². The Bertz CT molecular complexity index is 426. The molecule has 17 heavy (non-hydrogen) atoms. The number of nitrogens with one attached hydrogen (secondary N) is 1. The molecule has 3 nitrogen and oxygen atoms in total. The summed E-state index contributed by atoms with van der Waals surface area (Å²) in [5.74, 6) is -0.838. The lowest BCUT2D eigenvalue weighted by Crippen LogP contribution is -2.38. The molecule has 0 aliphatic heterocycles. The van der Waals surface area contributed by atoms with Crippen LogP contribution in [0.15, 0.2) is 18.2 Å². The largest absolute Gasteiger partial charge is 0.478 e. The highest BCUT2D eigenvalue weighted by atomic mass is 16.4. The van der Waals surface area contributed by atoms with Crippen LogP contribution in [0.1, 0.15) is 41.8 Å². The second-order valence-corrected chi connectivity index (χ2v) is 5.05. The van der Waals surface area contributed by atoms with E-state index in [9.17, 15) is 4.79 Å². The number of aromatic carboxylic acids is 1. The Kier molecular flexibility index (Phi) is 3.48. The van der Waals surface area contributed by atoms with Crippen LogP contribution >= 0.6 is 0 Å². The van der Waals surface area contributed by atoms with Crippen molar-refractivity contribution in [2.24, 2.45) is 0 Å². The highest BCUT2D eigenvalue weighted by Crippen LogP contribution is 2.23. The molecule has 2 rings (SSSR count). The minimum atomic E-state index is -0.838. The van der Waals surface area contributed by atoms with Crippen molar-refractivity contribution >= 4 is 5.97 Å². The zero-order valence-electron chi connectivity index (χ0n) is 10.4. The first-order chi connectivity index (χ1) is 8.06. The molecule has 1 atom stereocenters. The van der Waals surface area contributed by atoms with Gasteiger partial charge in [-0.05, 0) is 42.5 Å². The van der Waals surface area contributed by atoms with Crippen LogP contribution in [-0.2, 0) is 12.8 Å².